The topological polar surface area (TPSA) is 60.2 Å². The lowest BCUT2D eigenvalue weighted by atomic mass is 9.92. The van der Waals surface area contributed by atoms with Crippen LogP contribution in [-0.2, 0) is 13.0 Å². The lowest BCUT2D eigenvalue weighted by molar-refractivity contribution is 0.174. The van der Waals surface area contributed by atoms with Crippen molar-refractivity contribution in [2.75, 3.05) is 26.7 Å². The zero-order chi connectivity index (χ0) is 20.2. The summed E-state index contributed by atoms with van der Waals surface area (Å²) >= 11 is 7.50. The van der Waals surface area contributed by atoms with E-state index in [2.05, 4.69) is 14.9 Å². The van der Waals surface area contributed by atoms with Crippen LogP contribution < -0.4 is 10.3 Å². The van der Waals surface area contributed by atoms with Crippen LogP contribution in [0.3, 0.4) is 0 Å². The quantitative estimate of drug-likeness (QED) is 0.567. The number of methoxy groups -OCH3 is 1. The Hall–Kier alpha value is -1.96. The number of thiazole rings is 1. The Morgan fingerprint density at radius 3 is 2.76 bits per heavy atom. The first-order valence-corrected chi connectivity index (χ1v) is 11.2. The summed E-state index contributed by atoms with van der Waals surface area (Å²) in [5, 5.41) is 0. The van der Waals surface area contributed by atoms with Gasteiger partial charge in [-0.3, -0.25) is 9.78 Å². The number of ether oxygens (including phenoxy) is 1. The van der Waals surface area contributed by atoms with Crippen molar-refractivity contribution < 1.29 is 4.74 Å². The first-order valence-electron chi connectivity index (χ1n) is 9.98. The summed E-state index contributed by atoms with van der Waals surface area (Å²) in [6.07, 6.45) is 8.24. The highest BCUT2D eigenvalue weighted by atomic mass is 35.5. The van der Waals surface area contributed by atoms with Gasteiger partial charge in [-0.05, 0) is 50.8 Å². The second-order valence-electron chi connectivity index (χ2n) is 7.51. The summed E-state index contributed by atoms with van der Waals surface area (Å²) in [5.41, 5.74) is 1.65. The monoisotopic (exact) mass is 432 g/mol. The van der Waals surface area contributed by atoms with E-state index in [-0.39, 0.29) is 5.56 Å². The predicted octanol–water partition coefficient (Wildman–Crippen LogP) is 3.86. The van der Waals surface area contributed by atoms with Crippen molar-refractivity contribution in [3.05, 3.63) is 50.3 Å². The number of rotatable bonds is 7. The molecular formula is C21H25ClN4O2S. The Bertz CT molecular complexity index is 1030. The molecule has 1 saturated heterocycles. The molecule has 3 aromatic rings. The number of halogens is 1. The minimum atomic E-state index is 0.00524. The largest absolute Gasteiger partial charge is 0.495 e. The van der Waals surface area contributed by atoms with Gasteiger partial charge in [-0.25, -0.2) is 4.98 Å². The molecule has 1 fully saturated rings. The van der Waals surface area contributed by atoms with E-state index in [1.807, 2.05) is 16.8 Å². The molecule has 29 heavy (non-hydrogen) atoms. The van der Waals surface area contributed by atoms with E-state index in [9.17, 15) is 4.79 Å². The van der Waals surface area contributed by atoms with E-state index >= 15 is 0 Å². The van der Waals surface area contributed by atoms with Crippen molar-refractivity contribution in [1.29, 1.82) is 0 Å². The maximum absolute atomic E-state index is 12.4. The fraction of sp³-hybridized carbons (Fsp3) is 0.476. The lowest BCUT2D eigenvalue weighted by Gasteiger charge is -2.32. The van der Waals surface area contributed by atoms with Gasteiger partial charge in [-0.15, -0.1) is 11.3 Å². The number of pyridine rings is 2. The van der Waals surface area contributed by atoms with Gasteiger partial charge in [-0.2, -0.15) is 0 Å². The second-order valence-corrected chi connectivity index (χ2v) is 9.20. The number of nitrogens with zero attached hydrogens (tertiary/aromatic N) is 4. The molecule has 3 aromatic heterocycles. The molecule has 0 N–H and O–H groups in total. The first-order chi connectivity index (χ1) is 14.1. The van der Waals surface area contributed by atoms with Crippen LogP contribution >= 0.6 is 22.9 Å². The molecular weight excluding hydrogens is 408 g/mol. The van der Waals surface area contributed by atoms with E-state index < -0.39 is 0 Å². The van der Waals surface area contributed by atoms with Crippen LogP contribution in [0.4, 0.5) is 0 Å². The summed E-state index contributed by atoms with van der Waals surface area (Å²) in [6.45, 7) is 3.69. The SMILES string of the molecule is COc1cnc2ccc(=O)n(CCN3CCC(CCc4cnc(Cl)s4)CC3)c2c1. The average molecular weight is 433 g/mol. The summed E-state index contributed by atoms with van der Waals surface area (Å²) in [7, 11) is 1.61. The van der Waals surface area contributed by atoms with Gasteiger partial charge in [0.25, 0.3) is 5.56 Å². The van der Waals surface area contributed by atoms with Crippen molar-refractivity contribution in [2.24, 2.45) is 5.92 Å². The Balaban J connectivity index is 1.32. The highest BCUT2D eigenvalue weighted by Gasteiger charge is 2.19. The van der Waals surface area contributed by atoms with Crippen LogP contribution in [-0.4, -0.2) is 46.2 Å². The molecule has 0 atom stereocenters. The van der Waals surface area contributed by atoms with E-state index in [1.54, 1.807) is 36.8 Å². The Morgan fingerprint density at radius 1 is 1.21 bits per heavy atom. The molecule has 0 unspecified atom stereocenters. The predicted molar refractivity (Wildman–Crippen MR) is 117 cm³/mol. The first kappa shape index (κ1) is 20.3. The number of aromatic nitrogens is 3. The second kappa shape index (κ2) is 9.24. The lowest BCUT2D eigenvalue weighted by Crippen LogP contribution is -2.37. The minimum Gasteiger partial charge on any atom is -0.495 e. The molecule has 8 heteroatoms. The summed E-state index contributed by atoms with van der Waals surface area (Å²) < 4.78 is 7.72. The molecule has 154 valence electrons. The number of hydrogen-bond donors (Lipinski definition) is 0. The molecule has 1 aliphatic rings. The molecule has 1 aliphatic heterocycles. The molecule has 0 radical (unpaired) electrons. The number of hydrogen-bond acceptors (Lipinski definition) is 6. The molecule has 0 aliphatic carbocycles. The Morgan fingerprint density at radius 2 is 2.03 bits per heavy atom. The molecule has 4 rings (SSSR count). The number of likely N-dealkylation sites (tertiary alicyclic amines) is 1. The van der Waals surface area contributed by atoms with E-state index in [4.69, 9.17) is 16.3 Å². The normalized spacial score (nSPS) is 15.8. The Kier molecular flexibility index (Phi) is 6.47. The standard InChI is InChI=1S/C21H25ClN4O2S/c1-28-16-12-19-18(23-13-16)4-5-20(27)26(19)11-10-25-8-6-15(7-9-25)2-3-17-14-24-21(22)29-17/h4-5,12-15H,2-3,6-11H2,1H3. The minimum absolute atomic E-state index is 0.00524. The summed E-state index contributed by atoms with van der Waals surface area (Å²) in [4.78, 5) is 24.7. The highest BCUT2D eigenvalue weighted by Crippen LogP contribution is 2.25. The van der Waals surface area contributed by atoms with Crippen LogP contribution in [0.2, 0.25) is 4.47 Å². The number of piperidine rings is 1. The molecule has 0 spiro atoms. The van der Waals surface area contributed by atoms with E-state index in [1.165, 1.54) is 24.1 Å². The third kappa shape index (κ3) is 4.97. The highest BCUT2D eigenvalue weighted by molar-refractivity contribution is 7.15. The van der Waals surface area contributed by atoms with Crippen LogP contribution in [0.15, 0.2) is 35.4 Å². The molecule has 4 heterocycles. The van der Waals surface area contributed by atoms with Crippen molar-refractivity contribution in [2.45, 2.75) is 32.2 Å². The van der Waals surface area contributed by atoms with Crippen LogP contribution in [0.5, 0.6) is 5.75 Å². The average Bonchev–Trinajstić information content (AvgIpc) is 3.17. The smallest absolute Gasteiger partial charge is 0.251 e. The van der Waals surface area contributed by atoms with Gasteiger partial charge in [0.05, 0.1) is 24.3 Å². The van der Waals surface area contributed by atoms with Crippen molar-refractivity contribution in [3.8, 4) is 5.75 Å². The van der Waals surface area contributed by atoms with Crippen molar-refractivity contribution >= 4 is 34.0 Å². The van der Waals surface area contributed by atoms with Gasteiger partial charge >= 0.3 is 0 Å². The van der Waals surface area contributed by atoms with Gasteiger partial charge in [0, 0.05) is 36.3 Å². The zero-order valence-corrected chi connectivity index (χ0v) is 18.1. The molecule has 6 nitrogen and oxygen atoms in total. The molecule has 0 saturated carbocycles. The van der Waals surface area contributed by atoms with Gasteiger partial charge < -0.3 is 14.2 Å². The zero-order valence-electron chi connectivity index (χ0n) is 16.5. The van der Waals surface area contributed by atoms with Crippen LogP contribution in [0.1, 0.15) is 24.1 Å². The number of fused-ring (bicyclic) bond motifs is 1. The van der Waals surface area contributed by atoms with Gasteiger partial charge in [0.15, 0.2) is 4.47 Å². The van der Waals surface area contributed by atoms with E-state index in [0.29, 0.717) is 16.8 Å². The summed E-state index contributed by atoms with van der Waals surface area (Å²) in [5.74, 6) is 1.42. The van der Waals surface area contributed by atoms with Crippen LogP contribution in [0, 0.1) is 5.92 Å². The fourth-order valence-electron chi connectivity index (χ4n) is 3.98. The third-order valence-electron chi connectivity index (χ3n) is 5.72. The third-order valence-corrected chi connectivity index (χ3v) is 6.89. The van der Waals surface area contributed by atoms with Gasteiger partial charge in [-0.1, -0.05) is 11.6 Å². The maximum atomic E-state index is 12.4. The Labute approximate surface area is 179 Å². The maximum Gasteiger partial charge on any atom is 0.251 e. The van der Waals surface area contributed by atoms with E-state index in [0.717, 1.165) is 43.0 Å². The fourth-order valence-corrected chi connectivity index (χ4v) is 4.97. The number of aryl methyl sites for hydroxylation is 1. The van der Waals surface area contributed by atoms with Crippen molar-refractivity contribution in [3.63, 3.8) is 0 Å². The summed E-state index contributed by atoms with van der Waals surface area (Å²) in [6, 6.07) is 5.26. The molecule has 0 amide bonds. The molecule has 0 aromatic carbocycles. The van der Waals surface area contributed by atoms with Crippen molar-refractivity contribution in [1.82, 2.24) is 19.4 Å². The van der Waals surface area contributed by atoms with Crippen LogP contribution in [0.25, 0.3) is 11.0 Å². The van der Waals surface area contributed by atoms with Gasteiger partial charge in [0.2, 0.25) is 0 Å². The molecule has 0 bridgehead atoms. The van der Waals surface area contributed by atoms with Gasteiger partial charge in [0.1, 0.15) is 5.75 Å².